The van der Waals surface area contributed by atoms with Gasteiger partial charge in [-0.05, 0) is 5.56 Å². The molecule has 0 spiro atoms. The number of benzene rings is 1. The Hall–Kier alpha value is -2.08. The van der Waals surface area contributed by atoms with E-state index in [9.17, 15) is 9.59 Å². The van der Waals surface area contributed by atoms with E-state index in [-0.39, 0.29) is 6.42 Å². The average Bonchev–Trinajstić information content (AvgIpc) is 2.29. The summed E-state index contributed by atoms with van der Waals surface area (Å²) in [5, 5.41) is 9.70. The molecule has 0 radical (unpaired) electrons. The SMILES string of the molecule is CON(C(N)=O)[C@@H](Cc1ccccc1)C(=O)O. The molecule has 92 valence electrons. The van der Waals surface area contributed by atoms with Crippen LogP contribution in [-0.4, -0.2) is 35.3 Å². The van der Waals surface area contributed by atoms with E-state index in [1.54, 1.807) is 24.3 Å². The number of aliphatic carboxylic acids is 1. The van der Waals surface area contributed by atoms with Gasteiger partial charge in [-0.1, -0.05) is 30.3 Å². The molecule has 0 aromatic heterocycles. The summed E-state index contributed by atoms with van der Waals surface area (Å²) in [6, 6.07) is 6.86. The van der Waals surface area contributed by atoms with Crippen molar-refractivity contribution in [1.82, 2.24) is 5.06 Å². The van der Waals surface area contributed by atoms with Crippen molar-refractivity contribution in [3.8, 4) is 0 Å². The molecule has 3 N–H and O–H groups in total. The normalized spacial score (nSPS) is 11.8. The standard InChI is InChI=1S/C11H14N2O4/c1-17-13(11(12)16)9(10(14)15)7-8-5-3-2-4-6-8/h2-6,9H,7H2,1H3,(H2,12,16)(H,14,15)/t9-/m0/s1. The van der Waals surface area contributed by atoms with Crippen molar-refractivity contribution in [2.75, 3.05) is 7.11 Å². The number of hydrogen-bond donors (Lipinski definition) is 2. The van der Waals surface area contributed by atoms with Crippen LogP contribution in [0.1, 0.15) is 5.56 Å². The Morgan fingerprint density at radius 1 is 1.41 bits per heavy atom. The number of carboxylic acid groups (broad SMARTS) is 1. The number of rotatable bonds is 5. The van der Waals surface area contributed by atoms with E-state index in [0.29, 0.717) is 5.06 Å². The lowest BCUT2D eigenvalue weighted by Gasteiger charge is -2.24. The van der Waals surface area contributed by atoms with Gasteiger partial charge in [0.25, 0.3) is 0 Å². The van der Waals surface area contributed by atoms with Crippen LogP contribution < -0.4 is 5.73 Å². The molecular formula is C11H14N2O4. The number of nitrogens with zero attached hydrogens (tertiary/aromatic N) is 1. The highest BCUT2D eigenvalue weighted by atomic mass is 16.7. The summed E-state index contributed by atoms with van der Waals surface area (Å²) in [5.74, 6) is -1.17. The number of nitrogens with two attached hydrogens (primary N) is 1. The third kappa shape index (κ3) is 3.46. The Morgan fingerprint density at radius 2 is 2.00 bits per heavy atom. The van der Waals surface area contributed by atoms with Crippen molar-refractivity contribution in [2.24, 2.45) is 5.73 Å². The highest BCUT2D eigenvalue weighted by Gasteiger charge is 2.29. The van der Waals surface area contributed by atoms with Crippen LogP contribution in [0.5, 0.6) is 0 Å². The second kappa shape index (κ2) is 5.86. The summed E-state index contributed by atoms with van der Waals surface area (Å²) in [6.07, 6.45) is 0.132. The minimum Gasteiger partial charge on any atom is -0.480 e. The summed E-state index contributed by atoms with van der Waals surface area (Å²) >= 11 is 0. The van der Waals surface area contributed by atoms with Gasteiger partial charge in [-0.15, -0.1) is 0 Å². The lowest BCUT2D eigenvalue weighted by molar-refractivity contribution is -0.163. The minimum absolute atomic E-state index is 0.132. The highest BCUT2D eigenvalue weighted by molar-refractivity contribution is 5.81. The number of carbonyl (C=O) groups is 2. The Balaban J connectivity index is 2.87. The number of carbonyl (C=O) groups excluding carboxylic acids is 1. The number of hydroxylamine groups is 2. The van der Waals surface area contributed by atoms with E-state index in [2.05, 4.69) is 4.84 Å². The molecule has 2 amide bonds. The van der Waals surface area contributed by atoms with Crippen LogP contribution in [0.25, 0.3) is 0 Å². The van der Waals surface area contributed by atoms with Gasteiger partial charge in [0.2, 0.25) is 0 Å². The fraction of sp³-hybridized carbons (Fsp3) is 0.273. The van der Waals surface area contributed by atoms with Crippen molar-refractivity contribution in [3.63, 3.8) is 0 Å². The summed E-state index contributed by atoms with van der Waals surface area (Å²) in [6.45, 7) is 0. The molecule has 0 unspecified atom stereocenters. The van der Waals surface area contributed by atoms with Gasteiger partial charge in [0.1, 0.15) is 0 Å². The largest absolute Gasteiger partial charge is 0.480 e. The van der Waals surface area contributed by atoms with E-state index >= 15 is 0 Å². The fourth-order valence-corrected chi connectivity index (χ4v) is 1.48. The van der Waals surface area contributed by atoms with Crippen molar-refractivity contribution < 1.29 is 19.5 Å². The van der Waals surface area contributed by atoms with Crippen LogP contribution >= 0.6 is 0 Å². The number of amides is 2. The molecular weight excluding hydrogens is 224 g/mol. The first-order chi connectivity index (χ1) is 8.06. The van der Waals surface area contributed by atoms with Crippen molar-refractivity contribution in [2.45, 2.75) is 12.5 Å². The van der Waals surface area contributed by atoms with Gasteiger partial charge in [-0.25, -0.2) is 9.59 Å². The zero-order valence-corrected chi connectivity index (χ0v) is 9.37. The molecule has 0 aliphatic heterocycles. The van der Waals surface area contributed by atoms with Gasteiger partial charge in [0, 0.05) is 6.42 Å². The lowest BCUT2D eigenvalue weighted by atomic mass is 10.1. The van der Waals surface area contributed by atoms with Gasteiger partial charge in [0.05, 0.1) is 7.11 Å². The van der Waals surface area contributed by atoms with Gasteiger partial charge < -0.3 is 10.8 Å². The molecule has 0 aliphatic carbocycles. The van der Waals surface area contributed by atoms with Crippen LogP contribution in [0.4, 0.5) is 4.79 Å². The molecule has 1 atom stereocenters. The Bertz CT molecular complexity index is 394. The fourth-order valence-electron chi connectivity index (χ4n) is 1.48. The van der Waals surface area contributed by atoms with E-state index in [0.717, 1.165) is 5.56 Å². The molecule has 0 heterocycles. The van der Waals surface area contributed by atoms with Crippen LogP contribution in [0, 0.1) is 0 Å². The number of hydrogen-bond acceptors (Lipinski definition) is 3. The second-order valence-electron chi connectivity index (χ2n) is 3.39. The predicted molar refractivity (Wildman–Crippen MR) is 60.0 cm³/mol. The molecule has 0 saturated heterocycles. The molecule has 6 nitrogen and oxygen atoms in total. The third-order valence-electron chi connectivity index (χ3n) is 2.25. The van der Waals surface area contributed by atoms with E-state index in [1.165, 1.54) is 7.11 Å². The summed E-state index contributed by atoms with van der Waals surface area (Å²) in [7, 11) is 1.20. The zero-order valence-electron chi connectivity index (χ0n) is 9.37. The monoisotopic (exact) mass is 238 g/mol. The van der Waals surface area contributed by atoms with Crippen molar-refractivity contribution in [3.05, 3.63) is 35.9 Å². The first kappa shape index (κ1) is 13.0. The molecule has 1 rings (SSSR count). The molecule has 0 fully saturated rings. The maximum atomic E-state index is 11.1. The number of primary amides is 1. The van der Waals surface area contributed by atoms with Crippen LogP contribution in [0.3, 0.4) is 0 Å². The minimum atomic E-state index is -1.17. The first-order valence-electron chi connectivity index (χ1n) is 4.95. The number of carboxylic acids is 1. The Labute approximate surface area is 98.5 Å². The molecule has 1 aromatic carbocycles. The van der Waals surface area contributed by atoms with Crippen LogP contribution in [0.15, 0.2) is 30.3 Å². The molecule has 1 aromatic rings. The van der Waals surface area contributed by atoms with Crippen LogP contribution in [-0.2, 0) is 16.1 Å². The van der Waals surface area contributed by atoms with E-state index < -0.39 is 18.0 Å². The molecule has 0 aliphatic rings. The van der Waals surface area contributed by atoms with Gasteiger partial charge in [-0.3, -0.25) is 4.84 Å². The average molecular weight is 238 g/mol. The zero-order chi connectivity index (χ0) is 12.8. The van der Waals surface area contributed by atoms with E-state index in [1.807, 2.05) is 6.07 Å². The Kier molecular flexibility index (Phi) is 4.47. The molecule has 6 heteroatoms. The topological polar surface area (TPSA) is 92.9 Å². The van der Waals surface area contributed by atoms with Crippen LogP contribution in [0.2, 0.25) is 0 Å². The quantitative estimate of drug-likeness (QED) is 0.735. The van der Waals surface area contributed by atoms with Gasteiger partial charge >= 0.3 is 12.0 Å². The molecule has 17 heavy (non-hydrogen) atoms. The highest BCUT2D eigenvalue weighted by Crippen LogP contribution is 2.09. The second-order valence-corrected chi connectivity index (χ2v) is 3.39. The Morgan fingerprint density at radius 3 is 2.41 bits per heavy atom. The van der Waals surface area contributed by atoms with Gasteiger partial charge in [0.15, 0.2) is 6.04 Å². The third-order valence-corrected chi connectivity index (χ3v) is 2.25. The van der Waals surface area contributed by atoms with E-state index in [4.69, 9.17) is 10.8 Å². The van der Waals surface area contributed by atoms with Gasteiger partial charge in [-0.2, -0.15) is 5.06 Å². The first-order valence-corrected chi connectivity index (χ1v) is 4.95. The molecule has 0 saturated carbocycles. The maximum absolute atomic E-state index is 11.1. The summed E-state index contributed by atoms with van der Waals surface area (Å²) in [4.78, 5) is 26.8. The molecule has 0 bridgehead atoms. The van der Waals surface area contributed by atoms with Crippen molar-refractivity contribution in [1.29, 1.82) is 0 Å². The maximum Gasteiger partial charge on any atom is 0.339 e. The predicted octanol–water partition coefficient (Wildman–Crippen LogP) is 0.624. The smallest absolute Gasteiger partial charge is 0.339 e. The van der Waals surface area contributed by atoms with Crippen molar-refractivity contribution >= 4 is 12.0 Å². The number of urea groups is 1. The summed E-state index contributed by atoms with van der Waals surface area (Å²) < 4.78 is 0. The lowest BCUT2D eigenvalue weighted by Crippen LogP contribution is -2.48. The summed E-state index contributed by atoms with van der Waals surface area (Å²) in [5.41, 5.74) is 5.82.